The van der Waals surface area contributed by atoms with Crippen LogP contribution in [0.2, 0.25) is 5.02 Å². The van der Waals surface area contributed by atoms with Crippen molar-refractivity contribution in [3.8, 4) is 17.4 Å². The predicted octanol–water partition coefficient (Wildman–Crippen LogP) is 5.46. The van der Waals surface area contributed by atoms with Gasteiger partial charge in [0.2, 0.25) is 0 Å². The number of carbonyl (C=O) groups is 1. The fourth-order valence-corrected chi connectivity index (χ4v) is 3.85. The second-order valence-corrected chi connectivity index (χ2v) is 7.65. The first-order valence-corrected chi connectivity index (χ1v) is 10.2. The van der Waals surface area contributed by atoms with Crippen molar-refractivity contribution in [2.75, 3.05) is 4.90 Å². The van der Waals surface area contributed by atoms with Crippen LogP contribution >= 0.6 is 24.2 Å². The molecule has 5 nitrogen and oxygen atoms in total. The van der Waals surface area contributed by atoms with Gasteiger partial charge < -0.3 is 14.6 Å². The summed E-state index contributed by atoms with van der Waals surface area (Å²) in [5.41, 5.74) is 2.80. The number of hydrogen-bond acceptors (Lipinski definition) is 5. The van der Waals surface area contributed by atoms with Crippen molar-refractivity contribution in [3.05, 3.63) is 87.6 Å². The van der Waals surface area contributed by atoms with Crippen LogP contribution < -0.4 is 10.2 Å². The van der Waals surface area contributed by atoms with Gasteiger partial charge in [-0.05, 0) is 60.5 Å². The predicted molar refractivity (Wildman–Crippen MR) is 120 cm³/mol. The minimum Gasteiger partial charge on any atom is -0.457 e. The van der Waals surface area contributed by atoms with Gasteiger partial charge in [-0.15, -0.1) is 12.6 Å². The quantitative estimate of drug-likeness (QED) is 0.534. The Morgan fingerprint density at radius 3 is 2.47 bits per heavy atom. The lowest BCUT2D eigenvalue weighted by Crippen LogP contribution is -2.45. The van der Waals surface area contributed by atoms with Crippen LogP contribution in [0.25, 0.3) is 11.3 Å². The molecule has 150 valence electrons. The van der Waals surface area contributed by atoms with E-state index in [1.807, 2.05) is 48.5 Å². The largest absolute Gasteiger partial charge is 0.457 e. The number of aryl methyl sites for hydroxylation is 1. The van der Waals surface area contributed by atoms with Crippen molar-refractivity contribution in [2.24, 2.45) is 0 Å². The van der Waals surface area contributed by atoms with Crippen molar-refractivity contribution in [2.45, 2.75) is 19.5 Å². The molecule has 1 N–H and O–H groups in total. The number of nitrogens with zero attached hydrogens (tertiary/aromatic N) is 2. The fourth-order valence-electron chi connectivity index (χ4n) is 3.34. The zero-order chi connectivity index (χ0) is 21.3. The Morgan fingerprint density at radius 1 is 1.13 bits per heavy atom. The number of hydrogen-bond donors (Lipinski definition) is 2. The number of furan rings is 1. The lowest BCUT2D eigenvalue weighted by molar-refractivity contribution is -0.118. The number of thiol groups is 1. The normalized spacial score (nSPS) is 16.4. The Balaban J connectivity index is 1.77. The highest BCUT2D eigenvalue weighted by molar-refractivity contribution is 7.84. The maximum absolute atomic E-state index is 12.5. The first kappa shape index (κ1) is 20.1. The molecule has 4 rings (SSSR count). The highest BCUT2D eigenvalue weighted by Gasteiger charge is 2.35. The number of carbonyl (C=O) groups excluding carboxylic acids is 1. The third kappa shape index (κ3) is 3.70. The Hall–Kier alpha value is -3.14. The molecule has 30 heavy (non-hydrogen) atoms. The molecule has 0 aliphatic carbocycles. The molecule has 0 fully saturated rings. The SMILES string of the molecule is CCc1ccc(N2C(S)=C(C#N)C(=O)NC2c2ccc(-c3ccc(Cl)cc3)o2)cc1. The Morgan fingerprint density at radius 2 is 1.83 bits per heavy atom. The van der Waals surface area contributed by atoms with E-state index in [0.717, 1.165) is 17.7 Å². The molecule has 0 bridgehead atoms. The molecular weight excluding hydrogens is 418 g/mol. The molecule has 1 unspecified atom stereocenters. The van der Waals surface area contributed by atoms with Gasteiger partial charge in [0.25, 0.3) is 5.91 Å². The number of benzene rings is 2. The highest BCUT2D eigenvalue weighted by atomic mass is 35.5. The molecule has 0 saturated heterocycles. The van der Waals surface area contributed by atoms with Gasteiger partial charge >= 0.3 is 0 Å². The van der Waals surface area contributed by atoms with Crippen molar-refractivity contribution in [1.82, 2.24) is 5.32 Å². The van der Waals surface area contributed by atoms with Gasteiger partial charge in [-0.2, -0.15) is 5.26 Å². The number of halogens is 1. The van der Waals surface area contributed by atoms with Crippen LogP contribution in [0.5, 0.6) is 0 Å². The number of anilines is 1. The van der Waals surface area contributed by atoms with Crippen LogP contribution in [0.4, 0.5) is 5.69 Å². The lowest BCUT2D eigenvalue weighted by Gasteiger charge is -2.36. The summed E-state index contributed by atoms with van der Waals surface area (Å²) in [6.45, 7) is 2.08. The first-order chi connectivity index (χ1) is 14.5. The maximum atomic E-state index is 12.5. The van der Waals surface area contributed by atoms with E-state index in [-0.39, 0.29) is 10.6 Å². The molecular formula is C23H18ClN3O2S. The molecule has 2 heterocycles. The van der Waals surface area contributed by atoms with Crippen molar-refractivity contribution >= 4 is 35.8 Å². The molecule has 1 aliphatic heterocycles. The van der Waals surface area contributed by atoms with E-state index in [1.165, 1.54) is 5.56 Å². The highest BCUT2D eigenvalue weighted by Crippen LogP contribution is 2.37. The zero-order valence-corrected chi connectivity index (χ0v) is 17.7. The standard InChI is InChI=1S/C23H18ClN3O2S/c1-2-14-3-9-17(10-4-14)27-21(26-22(28)18(13-25)23(27)30)20-12-11-19(29-20)15-5-7-16(24)8-6-15/h3-12,21,30H,2H2,1H3,(H,26,28). The van der Waals surface area contributed by atoms with Gasteiger partial charge in [0.15, 0.2) is 6.17 Å². The van der Waals surface area contributed by atoms with E-state index in [1.54, 1.807) is 23.1 Å². The average Bonchev–Trinajstić information content (AvgIpc) is 3.24. The second-order valence-electron chi connectivity index (χ2n) is 6.79. The summed E-state index contributed by atoms with van der Waals surface area (Å²) < 4.78 is 6.07. The molecule has 1 aromatic heterocycles. The molecule has 3 aromatic rings. The summed E-state index contributed by atoms with van der Waals surface area (Å²) >= 11 is 10.5. The van der Waals surface area contributed by atoms with Crippen molar-refractivity contribution in [3.63, 3.8) is 0 Å². The van der Waals surface area contributed by atoms with E-state index in [4.69, 9.17) is 16.0 Å². The fraction of sp³-hybridized carbons (Fsp3) is 0.130. The molecule has 0 radical (unpaired) electrons. The van der Waals surface area contributed by atoms with Crippen LogP contribution in [-0.2, 0) is 11.2 Å². The lowest BCUT2D eigenvalue weighted by atomic mass is 10.1. The Labute approximate surface area is 185 Å². The second kappa shape index (κ2) is 8.31. The molecule has 1 aliphatic rings. The van der Waals surface area contributed by atoms with Crippen LogP contribution in [0.15, 0.2) is 75.7 Å². The summed E-state index contributed by atoms with van der Waals surface area (Å²) in [5.74, 6) is 0.683. The Kier molecular flexibility index (Phi) is 5.58. The third-order valence-corrected chi connectivity index (χ3v) is 5.66. The van der Waals surface area contributed by atoms with Crippen LogP contribution in [0, 0.1) is 11.3 Å². The van der Waals surface area contributed by atoms with Crippen LogP contribution in [-0.4, -0.2) is 5.91 Å². The minimum atomic E-state index is -0.643. The minimum absolute atomic E-state index is 0.0429. The van der Waals surface area contributed by atoms with Gasteiger partial charge in [-0.25, -0.2) is 0 Å². The topological polar surface area (TPSA) is 69.3 Å². The van der Waals surface area contributed by atoms with Gasteiger partial charge in [0.05, 0.1) is 5.03 Å². The summed E-state index contributed by atoms with van der Waals surface area (Å²) in [6, 6.07) is 20.8. The summed E-state index contributed by atoms with van der Waals surface area (Å²) in [7, 11) is 0. The summed E-state index contributed by atoms with van der Waals surface area (Å²) in [4.78, 5) is 14.3. The number of amides is 1. The summed E-state index contributed by atoms with van der Waals surface area (Å²) in [5, 5.41) is 13.2. The molecule has 0 spiro atoms. The zero-order valence-electron chi connectivity index (χ0n) is 16.1. The molecule has 0 saturated carbocycles. The molecule has 1 atom stereocenters. The van der Waals surface area contributed by atoms with Crippen LogP contribution in [0.3, 0.4) is 0 Å². The Bertz CT molecular complexity index is 1160. The monoisotopic (exact) mass is 435 g/mol. The smallest absolute Gasteiger partial charge is 0.266 e. The number of nitriles is 1. The van der Waals surface area contributed by atoms with E-state index >= 15 is 0 Å². The maximum Gasteiger partial charge on any atom is 0.266 e. The molecule has 2 aromatic carbocycles. The molecule has 1 amide bonds. The molecule has 7 heteroatoms. The van der Waals surface area contributed by atoms with Crippen molar-refractivity contribution in [1.29, 1.82) is 5.26 Å². The van der Waals surface area contributed by atoms with E-state index in [0.29, 0.717) is 16.5 Å². The van der Waals surface area contributed by atoms with E-state index < -0.39 is 12.1 Å². The summed E-state index contributed by atoms with van der Waals surface area (Å²) in [6.07, 6.45) is 0.270. The van der Waals surface area contributed by atoms with Gasteiger partial charge in [0.1, 0.15) is 23.2 Å². The van der Waals surface area contributed by atoms with Gasteiger partial charge in [0, 0.05) is 16.3 Å². The third-order valence-electron chi connectivity index (χ3n) is 4.96. The van der Waals surface area contributed by atoms with Crippen molar-refractivity contribution < 1.29 is 9.21 Å². The van der Waals surface area contributed by atoms with E-state index in [9.17, 15) is 10.1 Å². The number of nitrogens with one attached hydrogen (secondary N) is 1. The first-order valence-electron chi connectivity index (χ1n) is 9.40. The van der Waals surface area contributed by atoms with E-state index in [2.05, 4.69) is 24.9 Å². The number of rotatable bonds is 4. The van der Waals surface area contributed by atoms with Gasteiger partial charge in [-0.1, -0.05) is 30.7 Å². The van der Waals surface area contributed by atoms with Gasteiger partial charge in [-0.3, -0.25) is 4.79 Å². The van der Waals surface area contributed by atoms with Crippen LogP contribution in [0.1, 0.15) is 24.4 Å². The average molecular weight is 436 g/mol.